The van der Waals surface area contributed by atoms with Crippen LogP contribution in [0.4, 0.5) is 11.4 Å². The molecule has 3 amide bonds. The molecule has 1 atom stereocenters. The molecule has 5 aromatic rings. The van der Waals surface area contributed by atoms with Crippen molar-refractivity contribution < 1.29 is 14.4 Å². The number of anilines is 2. The SMILES string of the molecule is Cn1cc2cc(NC(=O)C(Cc3ccccn3)N3CC(=O)N(c4cc(Cl)ccc4-n4cc(Cl)nn4)CC3=O)ccc2n1. The highest BCUT2D eigenvalue weighted by molar-refractivity contribution is 6.31. The molecule has 1 aliphatic rings. The second-order valence-electron chi connectivity index (χ2n) is 9.73. The number of carbonyl (C=O) groups excluding carboxylic acids is 3. The molecular formula is C28H23Cl2N9O3. The minimum Gasteiger partial charge on any atom is -0.324 e. The van der Waals surface area contributed by atoms with Crippen molar-refractivity contribution in [1.29, 1.82) is 0 Å². The minimum atomic E-state index is -1.00. The summed E-state index contributed by atoms with van der Waals surface area (Å²) in [5.41, 5.74) is 2.74. The molecule has 14 heteroatoms. The molecule has 42 heavy (non-hydrogen) atoms. The van der Waals surface area contributed by atoms with E-state index >= 15 is 0 Å². The average molecular weight is 604 g/mol. The summed E-state index contributed by atoms with van der Waals surface area (Å²) in [5, 5.41) is 16.4. The third-order valence-corrected chi connectivity index (χ3v) is 7.26. The van der Waals surface area contributed by atoms with Crippen LogP contribution in [0.15, 0.2) is 73.2 Å². The van der Waals surface area contributed by atoms with Crippen molar-refractivity contribution in [3.8, 4) is 5.69 Å². The van der Waals surface area contributed by atoms with Gasteiger partial charge in [-0.25, -0.2) is 4.68 Å². The van der Waals surface area contributed by atoms with Gasteiger partial charge in [-0.2, -0.15) is 5.10 Å². The van der Waals surface area contributed by atoms with Crippen molar-refractivity contribution in [3.63, 3.8) is 0 Å². The van der Waals surface area contributed by atoms with E-state index in [0.29, 0.717) is 27.8 Å². The second-order valence-corrected chi connectivity index (χ2v) is 10.6. The molecular weight excluding hydrogens is 581 g/mol. The Morgan fingerprint density at radius 2 is 1.86 bits per heavy atom. The fourth-order valence-corrected chi connectivity index (χ4v) is 5.21. The summed E-state index contributed by atoms with van der Waals surface area (Å²) in [5.74, 6) is -1.27. The number of fused-ring (bicyclic) bond motifs is 1. The van der Waals surface area contributed by atoms with E-state index in [2.05, 4.69) is 25.7 Å². The smallest absolute Gasteiger partial charge is 0.247 e. The minimum absolute atomic E-state index is 0.112. The van der Waals surface area contributed by atoms with Crippen LogP contribution in [0.2, 0.25) is 10.2 Å². The van der Waals surface area contributed by atoms with Crippen molar-refractivity contribution >= 4 is 63.2 Å². The van der Waals surface area contributed by atoms with Crippen molar-refractivity contribution in [2.45, 2.75) is 12.5 Å². The molecule has 1 N–H and O–H groups in total. The number of aromatic nitrogens is 6. The van der Waals surface area contributed by atoms with E-state index in [1.807, 2.05) is 13.2 Å². The number of hydrogen-bond donors (Lipinski definition) is 1. The number of carbonyl (C=O) groups is 3. The van der Waals surface area contributed by atoms with Crippen LogP contribution in [-0.4, -0.2) is 71.5 Å². The Kier molecular flexibility index (Phi) is 7.31. The maximum absolute atomic E-state index is 13.7. The van der Waals surface area contributed by atoms with E-state index in [9.17, 15) is 14.4 Å². The van der Waals surface area contributed by atoms with E-state index in [4.69, 9.17) is 23.2 Å². The van der Waals surface area contributed by atoms with E-state index < -0.39 is 23.8 Å². The summed E-state index contributed by atoms with van der Waals surface area (Å²) in [7, 11) is 1.82. The number of hydrogen-bond acceptors (Lipinski definition) is 7. The number of piperazine rings is 1. The van der Waals surface area contributed by atoms with Crippen LogP contribution in [0, 0.1) is 0 Å². The lowest BCUT2D eigenvalue weighted by molar-refractivity contribution is -0.143. The summed E-state index contributed by atoms with van der Waals surface area (Å²) in [6.07, 6.45) is 5.05. The molecule has 1 fully saturated rings. The molecule has 1 unspecified atom stereocenters. The zero-order chi connectivity index (χ0) is 29.4. The third kappa shape index (κ3) is 5.54. The van der Waals surface area contributed by atoms with Crippen LogP contribution in [0.5, 0.6) is 0 Å². The van der Waals surface area contributed by atoms with Gasteiger partial charge < -0.3 is 10.2 Å². The Morgan fingerprint density at radius 1 is 1.00 bits per heavy atom. The van der Waals surface area contributed by atoms with Gasteiger partial charge in [0, 0.05) is 47.7 Å². The largest absolute Gasteiger partial charge is 0.324 e. The van der Waals surface area contributed by atoms with Crippen LogP contribution in [0.1, 0.15) is 5.69 Å². The zero-order valence-electron chi connectivity index (χ0n) is 22.2. The Balaban J connectivity index is 1.29. The van der Waals surface area contributed by atoms with E-state index in [1.54, 1.807) is 65.5 Å². The van der Waals surface area contributed by atoms with Gasteiger partial charge in [-0.1, -0.05) is 34.5 Å². The molecule has 212 valence electrons. The Morgan fingerprint density at radius 3 is 2.62 bits per heavy atom. The van der Waals surface area contributed by atoms with E-state index in [-0.39, 0.29) is 24.7 Å². The summed E-state index contributed by atoms with van der Waals surface area (Å²) >= 11 is 12.2. The molecule has 3 aromatic heterocycles. The highest BCUT2D eigenvalue weighted by atomic mass is 35.5. The lowest BCUT2D eigenvalue weighted by Crippen LogP contribution is -2.60. The highest BCUT2D eigenvalue weighted by Gasteiger charge is 2.39. The topological polar surface area (TPSA) is 131 Å². The second kappa shape index (κ2) is 11.2. The number of amides is 3. The van der Waals surface area contributed by atoms with Crippen LogP contribution in [-0.2, 0) is 27.9 Å². The molecule has 1 saturated heterocycles. The fourth-order valence-electron chi connectivity index (χ4n) is 4.92. The number of pyridine rings is 1. The van der Waals surface area contributed by atoms with Gasteiger partial charge in [0.1, 0.15) is 19.1 Å². The normalized spacial score (nSPS) is 14.5. The maximum Gasteiger partial charge on any atom is 0.247 e. The van der Waals surface area contributed by atoms with Gasteiger partial charge in [0.2, 0.25) is 17.7 Å². The maximum atomic E-state index is 13.7. The number of halogens is 2. The Hall–Kier alpha value is -4.81. The molecule has 1 aliphatic heterocycles. The molecule has 0 radical (unpaired) electrons. The van der Waals surface area contributed by atoms with Crippen LogP contribution >= 0.6 is 23.2 Å². The standard InChI is InChI=1S/C28H23Cl2N9O3/c1-36-13-17-10-20(6-7-21(17)34-36)32-28(42)24(12-19-4-2-3-9-31-19)38-16-26(40)37(15-27(38)41)23-11-18(29)5-8-22(23)39-14-25(30)33-35-39/h2-11,13-14,24H,12,15-16H2,1H3,(H,32,42). The molecule has 0 bridgehead atoms. The van der Waals surface area contributed by atoms with Gasteiger partial charge in [0.25, 0.3) is 0 Å². The first-order chi connectivity index (χ1) is 20.2. The third-order valence-electron chi connectivity index (χ3n) is 6.85. The lowest BCUT2D eigenvalue weighted by atomic mass is 10.1. The highest BCUT2D eigenvalue weighted by Crippen LogP contribution is 2.30. The lowest BCUT2D eigenvalue weighted by Gasteiger charge is -2.38. The Labute approximate surface area is 249 Å². The van der Waals surface area contributed by atoms with Crippen molar-refractivity contribution in [2.24, 2.45) is 7.05 Å². The quantitative estimate of drug-likeness (QED) is 0.302. The predicted molar refractivity (Wildman–Crippen MR) is 157 cm³/mol. The van der Waals surface area contributed by atoms with Gasteiger partial charge in [0.15, 0.2) is 5.15 Å². The molecule has 0 aliphatic carbocycles. The Bertz CT molecular complexity index is 1820. The summed E-state index contributed by atoms with van der Waals surface area (Å²) in [6, 6.07) is 14.5. The van der Waals surface area contributed by atoms with E-state index in [1.165, 1.54) is 20.7 Å². The molecule has 6 rings (SSSR count). The summed E-state index contributed by atoms with van der Waals surface area (Å²) < 4.78 is 3.08. The summed E-state index contributed by atoms with van der Waals surface area (Å²) in [4.78, 5) is 47.9. The fraction of sp³-hybridized carbons (Fsp3) is 0.179. The van der Waals surface area contributed by atoms with Crippen molar-refractivity contribution in [3.05, 3.63) is 89.1 Å². The van der Waals surface area contributed by atoms with Crippen molar-refractivity contribution in [1.82, 2.24) is 34.7 Å². The molecule has 0 spiro atoms. The first-order valence-electron chi connectivity index (χ1n) is 12.9. The molecule has 4 heterocycles. The average Bonchev–Trinajstić information content (AvgIpc) is 3.57. The summed E-state index contributed by atoms with van der Waals surface area (Å²) in [6.45, 7) is -0.655. The first kappa shape index (κ1) is 27.4. The van der Waals surface area contributed by atoms with Gasteiger partial charge in [-0.3, -0.25) is 28.9 Å². The predicted octanol–water partition coefficient (Wildman–Crippen LogP) is 3.28. The monoisotopic (exact) mass is 603 g/mol. The number of aryl methyl sites for hydroxylation is 1. The molecule has 2 aromatic carbocycles. The van der Waals surface area contributed by atoms with Gasteiger partial charge in [0.05, 0.1) is 23.1 Å². The molecule has 12 nitrogen and oxygen atoms in total. The van der Waals surface area contributed by atoms with Gasteiger partial charge in [-0.05, 0) is 48.5 Å². The van der Waals surface area contributed by atoms with Crippen molar-refractivity contribution in [2.75, 3.05) is 23.3 Å². The van der Waals surface area contributed by atoms with Crippen LogP contribution < -0.4 is 10.2 Å². The van der Waals surface area contributed by atoms with Crippen LogP contribution in [0.25, 0.3) is 16.6 Å². The number of rotatable bonds is 7. The zero-order valence-corrected chi connectivity index (χ0v) is 23.7. The number of benzene rings is 2. The first-order valence-corrected chi connectivity index (χ1v) is 13.6. The van der Waals surface area contributed by atoms with Gasteiger partial charge >= 0.3 is 0 Å². The van der Waals surface area contributed by atoms with Crippen LogP contribution in [0.3, 0.4) is 0 Å². The van der Waals surface area contributed by atoms with E-state index in [0.717, 1.165) is 10.9 Å². The molecule has 0 saturated carbocycles. The number of nitrogens with zero attached hydrogens (tertiary/aromatic N) is 8. The number of nitrogens with one attached hydrogen (secondary N) is 1. The van der Waals surface area contributed by atoms with Gasteiger partial charge in [-0.15, -0.1) is 5.10 Å².